The van der Waals surface area contributed by atoms with Crippen molar-refractivity contribution in [3.63, 3.8) is 0 Å². The third-order valence-corrected chi connectivity index (χ3v) is 5.18. The number of aryl methyl sites for hydroxylation is 3. The number of rotatable bonds is 6. The van der Waals surface area contributed by atoms with Crippen molar-refractivity contribution in [3.05, 3.63) is 81.0 Å². The SMILES string of the molecule is Cc1ccc(CCC(=O)Nc2ccnn2Cc2c(Cl)cccc2Cl)c(C)c1. The van der Waals surface area contributed by atoms with Crippen LogP contribution in [0.5, 0.6) is 0 Å². The molecule has 2 aromatic carbocycles. The molecule has 1 heterocycles. The van der Waals surface area contributed by atoms with Crippen LogP contribution in [0.25, 0.3) is 0 Å². The molecule has 0 spiro atoms. The van der Waals surface area contributed by atoms with Crippen LogP contribution in [0.3, 0.4) is 0 Å². The standard InChI is InChI=1S/C21H21Cl2N3O/c1-14-6-7-16(15(2)12-14)8-9-21(27)25-20-10-11-24-26(20)13-17-18(22)4-3-5-19(17)23/h3-7,10-12H,8-9,13H2,1-2H3,(H,25,27). The molecule has 0 saturated heterocycles. The molecule has 6 heteroatoms. The predicted octanol–water partition coefficient (Wildman–Crippen LogP) is 5.43. The number of halogens is 2. The first kappa shape index (κ1) is 19.5. The molecule has 0 aliphatic rings. The topological polar surface area (TPSA) is 46.9 Å². The van der Waals surface area contributed by atoms with Crippen LogP contribution in [0.2, 0.25) is 10.0 Å². The lowest BCUT2D eigenvalue weighted by Gasteiger charge is -2.12. The Morgan fingerprint density at radius 1 is 1.11 bits per heavy atom. The molecule has 3 aromatic rings. The highest BCUT2D eigenvalue weighted by atomic mass is 35.5. The first-order chi connectivity index (χ1) is 12.9. The zero-order valence-electron chi connectivity index (χ0n) is 15.3. The van der Waals surface area contributed by atoms with Gasteiger partial charge < -0.3 is 5.32 Å². The van der Waals surface area contributed by atoms with Gasteiger partial charge in [-0.3, -0.25) is 4.79 Å². The summed E-state index contributed by atoms with van der Waals surface area (Å²) in [4.78, 5) is 12.4. The molecular formula is C21H21Cl2N3O. The summed E-state index contributed by atoms with van der Waals surface area (Å²) in [5.41, 5.74) is 4.39. The maximum atomic E-state index is 12.4. The van der Waals surface area contributed by atoms with Crippen LogP contribution in [0, 0.1) is 13.8 Å². The van der Waals surface area contributed by atoms with Crippen molar-refractivity contribution >= 4 is 34.9 Å². The molecule has 0 unspecified atom stereocenters. The number of benzene rings is 2. The number of nitrogens with zero attached hydrogens (tertiary/aromatic N) is 2. The molecule has 0 atom stereocenters. The minimum absolute atomic E-state index is 0.0537. The molecule has 0 radical (unpaired) electrons. The highest BCUT2D eigenvalue weighted by Crippen LogP contribution is 2.26. The maximum Gasteiger partial charge on any atom is 0.225 e. The normalized spacial score (nSPS) is 10.8. The molecule has 0 aliphatic carbocycles. The second-order valence-electron chi connectivity index (χ2n) is 6.55. The van der Waals surface area contributed by atoms with Gasteiger partial charge in [-0.1, -0.05) is 53.0 Å². The highest BCUT2D eigenvalue weighted by Gasteiger charge is 2.12. The Morgan fingerprint density at radius 2 is 1.85 bits per heavy atom. The zero-order chi connectivity index (χ0) is 19.4. The number of carbonyl (C=O) groups excluding carboxylic acids is 1. The molecular weight excluding hydrogens is 381 g/mol. The highest BCUT2D eigenvalue weighted by molar-refractivity contribution is 6.35. The van der Waals surface area contributed by atoms with Gasteiger partial charge in [0.25, 0.3) is 0 Å². The van der Waals surface area contributed by atoms with E-state index >= 15 is 0 Å². The van der Waals surface area contributed by atoms with Gasteiger partial charge in [-0.15, -0.1) is 0 Å². The first-order valence-electron chi connectivity index (χ1n) is 8.74. The molecule has 0 bridgehead atoms. The van der Waals surface area contributed by atoms with Gasteiger partial charge in [-0.05, 0) is 43.5 Å². The molecule has 0 fully saturated rings. The van der Waals surface area contributed by atoms with Gasteiger partial charge in [0.15, 0.2) is 0 Å². The molecule has 4 nitrogen and oxygen atoms in total. The number of amides is 1. The molecule has 0 aliphatic heterocycles. The molecule has 1 N–H and O–H groups in total. The van der Waals surface area contributed by atoms with Crippen molar-refractivity contribution in [2.75, 3.05) is 5.32 Å². The quantitative estimate of drug-likeness (QED) is 0.598. The summed E-state index contributed by atoms with van der Waals surface area (Å²) in [6.07, 6.45) is 2.74. The van der Waals surface area contributed by atoms with E-state index in [1.807, 2.05) is 0 Å². The third-order valence-electron chi connectivity index (χ3n) is 4.47. The second-order valence-corrected chi connectivity index (χ2v) is 7.37. The average molecular weight is 402 g/mol. The Morgan fingerprint density at radius 3 is 2.56 bits per heavy atom. The Labute approximate surface area is 169 Å². The summed E-state index contributed by atoms with van der Waals surface area (Å²) in [7, 11) is 0. The second kappa shape index (κ2) is 8.59. The van der Waals surface area contributed by atoms with E-state index in [-0.39, 0.29) is 5.91 Å². The van der Waals surface area contributed by atoms with E-state index in [1.165, 1.54) is 16.7 Å². The largest absolute Gasteiger partial charge is 0.311 e. The van der Waals surface area contributed by atoms with E-state index in [1.54, 1.807) is 35.1 Å². The number of carbonyl (C=O) groups is 1. The third kappa shape index (κ3) is 4.90. The summed E-state index contributed by atoms with van der Waals surface area (Å²) in [6.45, 7) is 4.52. The van der Waals surface area contributed by atoms with E-state index in [2.05, 4.69) is 42.5 Å². The van der Waals surface area contributed by atoms with Crippen molar-refractivity contribution in [1.82, 2.24) is 9.78 Å². The Bertz CT molecular complexity index is 946. The van der Waals surface area contributed by atoms with Crippen molar-refractivity contribution in [1.29, 1.82) is 0 Å². The molecule has 140 valence electrons. The van der Waals surface area contributed by atoms with Crippen LogP contribution in [0.1, 0.15) is 28.7 Å². The predicted molar refractivity (Wildman–Crippen MR) is 111 cm³/mol. The van der Waals surface area contributed by atoms with Crippen LogP contribution in [-0.2, 0) is 17.8 Å². The Kier molecular flexibility index (Phi) is 6.19. The van der Waals surface area contributed by atoms with Crippen molar-refractivity contribution < 1.29 is 4.79 Å². The fourth-order valence-electron chi connectivity index (χ4n) is 2.98. The van der Waals surface area contributed by atoms with Crippen LogP contribution in [0.4, 0.5) is 5.82 Å². The van der Waals surface area contributed by atoms with E-state index in [0.29, 0.717) is 35.2 Å². The maximum absolute atomic E-state index is 12.4. The van der Waals surface area contributed by atoms with Crippen LogP contribution < -0.4 is 5.32 Å². The molecule has 1 amide bonds. The lowest BCUT2D eigenvalue weighted by Crippen LogP contribution is -2.17. The van der Waals surface area contributed by atoms with Gasteiger partial charge >= 0.3 is 0 Å². The Hall–Kier alpha value is -2.30. The van der Waals surface area contributed by atoms with Gasteiger partial charge in [0.1, 0.15) is 5.82 Å². The monoisotopic (exact) mass is 401 g/mol. The van der Waals surface area contributed by atoms with E-state index in [0.717, 1.165) is 5.56 Å². The summed E-state index contributed by atoms with van der Waals surface area (Å²) in [5, 5.41) is 8.35. The molecule has 27 heavy (non-hydrogen) atoms. The smallest absolute Gasteiger partial charge is 0.225 e. The summed E-state index contributed by atoms with van der Waals surface area (Å²) in [6, 6.07) is 13.4. The number of hydrogen-bond acceptors (Lipinski definition) is 2. The fourth-order valence-corrected chi connectivity index (χ4v) is 3.49. The number of anilines is 1. The van der Waals surface area contributed by atoms with Crippen LogP contribution in [0.15, 0.2) is 48.7 Å². The van der Waals surface area contributed by atoms with Crippen LogP contribution in [-0.4, -0.2) is 15.7 Å². The minimum atomic E-state index is -0.0537. The van der Waals surface area contributed by atoms with Gasteiger partial charge in [0.2, 0.25) is 5.91 Å². The molecule has 1 aromatic heterocycles. The van der Waals surface area contributed by atoms with Gasteiger partial charge in [-0.25, -0.2) is 4.68 Å². The van der Waals surface area contributed by atoms with E-state index < -0.39 is 0 Å². The summed E-state index contributed by atoms with van der Waals surface area (Å²) >= 11 is 12.5. The number of nitrogens with one attached hydrogen (secondary N) is 1. The van der Waals surface area contributed by atoms with Crippen molar-refractivity contribution in [2.24, 2.45) is 0 Å². The average Bonchev–Trinajstić information content (AvgIpc) is 3.04. The lowest BCUT2D eigenvalue weighted by atomic mass is 10.0. The molecule has 3 rings (SSSR count). The Balaban J connectivity index is 1.65. The van der Waals surface area contributed by atoms with Crippen molar-refractivity contribution in [2.45, 2.75) is 33.2 Å². The van der Waals surface area contributed by atoms with Gasteiger partial charge in [0, 0.05) is 28.1 Å². The summed E-state index contributed by atoms with van der Waals surface area (Å²) < 4.78 is 1.68. The van der Waals surface area contributed by atoms with Crippen molar-refractivity contribution in [3.8, 4) is 0 Å². The van der Waals surface area contributed by atoms with E-state index in [4.69, 9.17) is 23.2 Å². The van der Waals surface area contributed by atoms with Crippen LogP contribution >= 0.6 is 23.2 Å². The molecule has 0 saturated carbocycles. The summed E-state index contributed by atoms with van der Waals surface area (Å²) in [5.74, 6) is 0.568. The van der Waals surface area contributed by atoms with Gasteiger partial charge in [-0.2, -0.15) is 5.10 Å². The fraction of sp³-hybridized carbons (Fsp3) is 0.238. The lowest BCUT2D eigenvalue weighted by molar-refractivity contribution is -0.116. The number of hydrogen-bond donors (Lipinski definition) is 1. The first-order valence-corrected chi connectivity index (χ1v) is 9.50. The van der Waals surface area contributed by atoms with E-state index in [9.17, 15) is 4.79 Å². The number of aromatic nitrogens is 2. The van der Waals surface area contributed by atoms with Gasteiger partial charge in [0.05, 0.1) is 12.7 Å². The minimum Gasteiger partial charge on any atom is -0.311 e. The zero-order valence-corrected chi connectivity index (χ0v) is 16.8.